The molecule has 0 aromatic heterocycles. The highest BCUT2D eigenvalue weighted by Gasteiger charge is 2.21. The quantitative estimate of drug-likeness (QED) is 0.642. The first kappa shape index (κ1) is 20.1. The van der Waals surface area contributed by atoms with Crippen LogP contribution in [0.3, 0.4) is 0 Å². The summed E-state index contributed by atoms with van der Waals surface area (Å²) >= 11 is 0. The van der Waals surface area contributed by atoms with Gasteiger partial charge in [-0.15, -0.1) is 0 Å². The molecule has 24 heavy (non-hydrogen) atoms. The molecule has 0 spiro atoms. The normalized spacial score (nSPS) is 11.8. The molecule has 1 rings (SSSR count). The van der Waals surface area contributed by atoms with E-state index in [0.717, 1.165) is 0 Å². The molecule has 0 radical (unpaired) electrons. The summed E-state index contributed by atoms with van der Waals surface area (Å²) in [7, 11) is -3.25. The van der Waals surface area contributed by atoms with Crippen LogP contribution in [0.25, 0.3) is 0 Å². The maximum atomic E-state index is 12.0. The predicted molar refractivity (Wildman–Crippen MR) is 94.3 cm³/mol. The lowest BCUT2D eigenvalue weighted by molar-refractivity contribution is -0.123. The smallest absolute Gasteiger partial charge is 0.251 e. The van der Waals surface area contributed by atoms with E-state index >= 15 is 0 Å². The predicted octanol–water partition coefficient (Wildman–Crippen LogP) is 1.34. The summed E-state index contributed by atoms with van der Waals surface area (Å²) in [5, 5.41) is 5.40. The number of benzene rings is 1. The first-order valence-corrected chi connectivity index (χ1v) is 9.37. The second-order valence-electron chi connectivity index (χ2n) is 6.34. The number of hydrogen-bond acceptors (Lipinski definition) is 4. The van der Waals surface area contributed by atoms with Crippen LogP contribution in [-0.2, 0) is 14.8 Å². The van der Waals surface area contributed by atoms with E-state index in [4.69, 9.17) is 0 Å². The number of rotatable bonds is 7. The number of anilines is 1. The number of sulfonamides is 1. The monoisotopic (exact) mass is 355 g/mol. The standard InChI is InChI=1S/C16H25N3O4S/c1-5-24(22,23)18-11-10-17-14(20)12-6-8-13(9-7-12)19-15(21)16(2,3)4/h6-9,18H,5,10-11H2,1-4H3,(H,17,20)(H,19,21). The summed E-state index contributed by atoms with van der Waals surface area (Å²) in [4.78, 5) is 23.8. The van der Waals surface area contributed by atoms with Crippen molar-refractivity contribution in [3.05, 3.63) is 29.8 Å². The Morgan fingerprint density at radius 1 is 1.04 bits per heavy atom. The molecule has 1 aromatic rings. The average molecular weight is 355 g/mol. The lowest BCUT2D eigenvalue weighted by Gasteiger charge is -2.17. The van der Waals surface area contributed by atoms with Crippen LogP contribution in [0, 0.1) is 5.41 Å². The minimum atomic E-state index is -3.25. The molecule has 1 aromatic carbocycles. The van der Waals surface area contributed by atoms with Crippen molar-refractivity contribution < 1.29 is 18.0 Å². The Hall–Kier alpha value is -1.93. The van der Waals surface area contributed by atoms with Crippen LogP contribution in [0.4, 0.5) is 5.69 Å². The molecule has 7 nitrogen and oxygen atoms in total. The Morgan fingerprint density at radius 3 is 2.12 bits per heavy atom. The molecule has 3 N–H and O–H groups in total. The van der Waals surface area contributed by atoms with Crippen LogP contribution in [0.1, 0.15) is 38.1 Å². The van der Waals surface area contributed by atoms with Gasteiger partial charge < -0.3 is 10.6 Å². The Morgan fingerprint density at radius 2 is 1.62 bits per heavy atom. The molecule has 2 amide bonds. The Kier molecular flexibility index (Phi) is 6.92. The van der Waals surface area contributed by atoms with Crippen LogP contribution in [0.5, 0.6) is 0 Å². The Balaban J connectivity index is 2.51. The summed E-state index contributed by atoms with van der Waals surface area (Å²) in [5.41, 5.74) is 0.547. The van der Waals surface area contributed by atoms with Gasteiger partial charge in [0.1, 0.15) is 0 Å². The third kappa shape index (κ3) is 6.67. The highest BCUT2D eigenvalue weighted by Crippen LogP contribution is 2.17. The molecule has 134 valence electrons. The zero-order chi connectivity index (χ0) is 18.4. The second kappa shape index (κ2) is 8.25. The van der Waals surface area contributed by atoms with Crippen molar-refractivity contribution in [1.29, 1.82) is 0 Å². The SMILES string of the molecule is CCS(=O)(=O)NCCNC(=O)c1ccc(NC(=O)C(C)(C)C)cc1. The molecule has 0 aliphatic heterocycles. The third-order valence-corrected chi connectivity index (χ3v) is 4.60. The van der Waals surface area contributed by atoms with Gasteiger partial charge in [-0.05, 0) is 31.2 Å². The van der Waals surface area contributed by atoms with Gasteiger partial charge in [0.15, 0.2) is 0 Å². The van der Waals surface area contributed by atoms with Crippen molar-refractivity contribution in [1.82, 2.24) is 10.0 Å². The van der Waals surface area contributed by atoms with Crippen LogP contribution in [-0.4, -0.2) is 39.1 Å². The Bertz CT molecular complexity index is 676. The van der Waals surface area contributed by atoms with Crippen LogP contribution < -0.4 is 15.4 Å². The van der Waals surface area contributed by atoms with Crippen molar-refractivity contribution in [3.8, 4) is 0 Å². The van der Waals surface area contributed by atoms with Gasteiger partial charge in [-0.1, -0.05) is 20.8 Å². The molecule has 0 fully saturated rings. The fourth-order valence-electron chi connectivity index (χ4n) is 1.61. The minimum Gasteiger partial charge on any atom is -0.351 e. The van der Waals surface area contributed by atoms with E-state index in [-0.39, 0.29) is 30.7 Å². The lowest BCUT2D eigenvalue weighted by Crippen LogP contribution is -2.35. The number of carbonyl (C=O) groups is 2. The number of hydrogen-bond donors (Lipinski definition) is 3. The van der Waals surface area contributed by atoms with Gasteiger partial charge in [0.25, 0.3) is 5.91 Å². The number of nitrogens with one attached hydrogen (secondary N) is 3. The van der Waals surface area contributed by atoms with Crippen molar-refractivity contribution in [2.24, 2.45) is 5.41 Å². The van der Waals surface area contributed by atoms with Crippen molar-refractivity contribution in [2.75, 3.05) is 24.2 Å². The molecule has 0 aliphatic carbocycles. The first-order chi connectivity index (χ1) is 11.0. The molecule has 0 atom stereocenters. The average Bonchev–Trinajstić information content (AvgIpc) is 2.51. The highest BCUT2D eigenvalue weighted by molar-refractivity contribution is 7.89. The zero-order valence-electron chi connectivity index (χ0n) is 14.5. The van der Waals surface area contributed by atoms with Crippen LogP contribution in [0.2, 0.25) is 0 Å². The molecular weight excluding hydrogens is 330 g/mol. The number of amides is 2. The third-order valence-electron chi connectivity index (χ3n) is 3.20. The number of carbonyl (C=O) groups excluding carboxylic acids is 2. The van der Waals surface area contributed by atoms with Gasteiger partial charge in [-0.2, -0.15) is 0 Å². The topological polar surface area (TPSA) is 104 Å². The Labute approximate surface area is 143 Å². The fraction of sp³-hybridized carbons (Fsp3) is 0.500. The van der Waals surface area contributed by atoms with Gasteiger partial charge in [0, 0.05) is 29.8 Å². The van der Waals surface area contributed by atoms with Gasteiger partial charge in [-0.25, -0.2) is 13.1 Å². The van der Waals surface area contributed by atoms with Crippen molar-refractivity contribution >= 4 is 27.5 Å². The summed E-state index contributed by atoms with van der Waals surface area (Å²) in [6.45, 7) is 7.33. The first-order valence-electron chi connectivity index (χ1n) is 7.72. The van der Waals surface area contributed by atoms with Crippen LogP contribution >= 0.6 is 0 Å². The van der Waals surface area contributed by atoms with E-state index in [2.05, 4.69) is 15.4 Å². The zero-order valence-corrected chi connectivity index (χ0v) is 15.3. The summed E-state index contributed by atoms with van der Waals surface area (Å²) in [5.74, 6) is -0.412. The lowest BCUT2D eigenvalue weighted by atomic mass is 9.95. The molecular formula is C16H25N3O4S. The van der Waals surface area contributed by atoms with Gasteiger partial charge in [0.05, 0.1) is 5.75 Å². The summed E-state index contributed by atoms with van der Waals surface area (Å²) in [6, 6.07) is 6.50. The van der Waals surface area contributed by atoms with Gasteiger partial charge in [-0.3, -0.25) is 9.59 Å². The maximum absolute atomic E-state index is 12.0. The van der Waals surface area contributed by atoms with Crippen molar-refractivity contribution in [3.63, 3.8) is 0 Å². The maximum Gasteiger partial charge on any atom is 0.251 e. The molecule has 0 heterocycles. The molecule has 0 saturated heterocycles. The summed E-state index contributed by atoms with van der Waals surface area (Å²) < 4.78 is 24.9. The van der Waals surface area contributed by atoms with E-state index in [1.165, 1.54) is 0 Å². The van der Waals surface area contributed by atoms with Crippen molar-refractivity contribution in [2.45, 2.75) is 27.7 Å². The largest absolute Gasteiger partial charge is 0.351 e. The van der Waals surface area contributed by atoms with Gasteiger partial charge >= 0.3 is 0 Å². The summed E-state index contributed by atoms with van der Waals surface area (Å²) in [6.07, 6.45) is 0. The highest BCUT2D eigenvalue weighted by atomic mass is 32.2. The van der Waals surface area contributed by atoms with E-state index in [0.29, 0.717) is 11.3 Å². The van der Waals surface area contributed by atoms with E-state index in [1.807, 2.05) is 20.8 Å². The second-order valence-corrected chi connectivity index (χ2v) is 8.43. The van der Waals surface area contributed by atoms with E-state index in [1.54, 1.807) is 31.2 Å². The molecule has 0 bridgehead atoms. The van der Waals surface area contributed by atoms with E-state index < -0.39 is 15.4 Å². The molecule has 0 aliphatic rings. The molecule has 0 saturated carbocycles. The molecule has 8 heteroatoms. The molecule has 0 unspecified atom stereocenters. The minimum absolute atomic E-state index is 0.00267. The van der Waals surface area contributed by atoms with Gasteiger partial charge in [0.2, 0.25) is 15.9 Å². The van der Waals surface area contributed by atoms with E-state index in [9.17, 15) is 18.0 Å². The van der Waals surface area contributed by atoms with Crippen LogP contribution in [0.15, 0.2) is 24.3 Å². The fourth-order valence-corrected chi connectivity index (χ4v) is 2.23.